The van der Waals surface area contributed by atoms with E-state index in [1.165, 1.54) is 24.0 Å². The topological polar surface area (TPSA) is 85.6 Å². The summed E-state index contributed by atoms with van der Waals surface area (Å²) in [4.78, 5) is 25.0. The number of hydrogen-bond donors (Lipinski definition) is 1. The average molecular weight is 458 g/mol. The van der Waals surface area contributed by atoms with E-state index in [1.54, 1.807) is 13.8 Å². The second-order valence-corrected chi connectivity index (χ2v) is 6.93. The second-order valence-electron chi connectivity index (χ2n) is 6.93. The van der Waals surface area contributed by atoms with Crippen molar-refractivity contribution in [3.05, 3.63) is 64.6 Å². The van der Waals surface area contributed by atoms with Crippen molar-refractivity contribution < 1.29 is 31.1 Å². The molecular formula is C19H16F6N6O. The number of nitrogens with zero attached hydrogens (tertiary/aromatic N) is 5. The molecule has 170 valence electrons. The number of carbonyl (C=O) groups is 1. The molecule has 0 aliphatic carbocycles. The summed E-state index contributed by atoms with van der Waals surface area (Å²) in [5.41, 5.74) is -3.33. The van der Waals surface area contributed by atoms with Gasteiger partial charge in [0.15, 0.2) is 11.6 Å². The molecule has 0 aliphatic heterocycles. The molecule has 3 rings (SSSR count). The molecule has 1 aromatic carbocycles. The maximum atomic E-state index is 13.1. The molecule has 7 nitrogen and oxygen atoms in total. The predicted molar refractivity (Wildman–Crippen MR) is 98.8 cm³/mol. The molecular weight excluding hydrogens is 442 g/mol. The number of benzene rings is 1. The highest BCUT2D eigenvalue weighted by Crippen LogP contribution is 2.36. The van der Waals surface area contributed by atoms with E-state index in [4.69, 9.17) is 0 Å². The van der Waals surface area contributed by atoms with E-state index in [0.29, 0.717) is 23.7 Å². The third-order valence-electron chi connectivity index (χ3n) is 4.31. The number of halogens is 6. The highest BCUT2D eigenvalue weighted by molar-refractivity contribution is 5.94. The number of aryl methyl sites for hydroxylation is 2. The van der Waals surface area contributed by atoms with Gasteiger partial charge in [-0.25, -0.2) is 9.97 Å². The lowest BCUT2D eigenvalue weighted by Gasteiger charge is -2.17. The Morgan fingerprint density at radius 2 is 1.56 bits per heavy atom. The fourth-order valence-corrected chi connectivity index (χ4v) is 2.81. The van der Waals surface area contributed by atoms with Crippen molar-refractivity contribution in [3.63, 3.8) is 0 Å². The molecule has 0 unspecified atom stereocenters. The van der Waals surface area contributed by atoms with Crippen LogP contribution in [0.4, 0.5) is 26.3 Å². The quantitative estimate of drug-likeness (QED) is 0.593. The minimum absolute atomic E-state index is 0.0454. The fourth-order valence-electron chi connectivity index (χ4n) is 2.81. The first kappa shape index (κ1) is 23.2. The van der Waals surface area contributed by atoms with E-state index in [9.17, 15) is 31.1 Å². The largest absolute Gasteiger partial charge is 0.416 e. The standard InChI is InChI=1S/C19H16F6N6O/c1-9-7-27-15(8-26-9)31-16(29-11(3)30-31)10(2)28-17(32)12-4-13(18(20,21)22)6-14(5-12)19(23,24)25/h4-8,10H,1-3H3,(H,28,32)/t10-/m0/s1. The minimum Gasteiger partial charge on any atom is -0.342 e. The fraction of sp³-hybridized carbons (Fsp3) is 0.316. The zero-order valence-corrected chi connectivity index (χ0v) is 16.9. The van der Waals surface area contributed by atoms with Crippen LogP contribution in [0, 0.1) is 13.8 Å². The van der Waals surface area contributed by atoms with Gasteiger partial charge in [-0.15, -0.1) is 5.10 Å². The highest BCUT2D eigenvalue weighted by atomic mass is 19.4. The Labute approximate surface area is 177 Å². The van der Waals surface area contributed by atoms with Gasteiger partial charge in [-0.3, -0.25) is 9.78 Å². The van der Waals surface area contributed by atoms with Crippen molar-refractivity contribution in [2.75, 3.05) is 0 Å². The van der Waals surface area contributed by atoms with Crippen LogP contribution in [0.25, 0.3) is 5.82 Å². The lowest BCUT2D eigenvalue weighted by molar-refractivity contribution is -0.143. The van der Waals surface area contributed by atoms with E-state index < -0.39 is 41.0 Å². The molecule has 0 spiro atoms. The molecule has 2 heterocycles. The van der Waals surface area contributed by atoms with Gasteiger partial charge in [0.1, 0.15) is 5.82 Å². The lowest BCUT2D eigenvalue weighted by Crippen LogP contribution is -2.29. The Kier molecular flexibility index (Phi) is 5.94. The van der Waals surface area contributed by atoms with E-state index >= 15 is 0 Å². The second kappa shape index (κ2) is 8.20. The zero-order valence-electron chi connectivity index (χ0n) is 16.9. The number of alkyl halides is 6. The third-order valence-corrected chi connectivity index (χ3v) is 4.31. The van der Waals surface area contributed by atoms with Gasteiger partial charge in [0, 0.05) is 5.56 Å². The molecule has 1 amide bonds. The van der Waals surface area contributed by atoms with Gasteiger partial charge in [-0.1, -0.05) is 0 Å². The molecule has 32 heavy (non-hydrogen) atoms. The monoisotopic (exact) mass is 458 g/mol. The maximum Gasteiger partial charge on any atom is 0.416 e. The van der Waals surface area contributed by atoms with Crippen molar-refractivity contribution >= 4 is 5.91 Å². The summed E-state index contributed by atoms with van der Waals surface area (Å²) >= 11 is 0. The smallest absolute Gasteiger partial charge is 0.342 e. The molecule has 2 aromatic heterocycles. The van der Waals surface area contributed by atoms with Crippen molar-refractivity contribution in [3.8, 4) is 5.82 Å². The van der Waals surface area contributed by atoms with Gasteiger partial charge in [0.05, 0.1) is 35.3 Å². The Balaban J connectivity index is 1.94. The van der Waals surface area contributed by atoms with Crippen molar-refractivity contribution in [1.82, 2.24) is 30.0 Å². The maximum absolute atomic E-state index is 13.1. The molecule has 0 radical (unpaired) electrons. The number of nitrogens with one attached hydrogen (secondary N) is 1. The van der Waals surface area contributed by atoms with Crippen LogP contribution in [0.2, 0.25) is 0 Å². The van der Waals surface area contributed by atoms with E-state index in [1.807, 2.05) is 0 Å². The lowest BCUT2D eigenvalue weighted by atomic mass is 10.0. The van der Waals surface area contributed by atoms with Crippen molar-refractivity contribution in [2.24, 2.45) is 0 Å². The normalized spacial score (nSPS) is 13.2. The summed E-state index contributed by atoms with van der Waals surface area (Å²) in [6, 6.07) is -0.260. The summed E-state index contributed by atoms with van der Waals surface area (Å²) in [5, 5.41) is 6.52. The van der Waals surface area contributed by atoms with Gasteiger partial charge in [0.25, 0.3) is 5.91 Å². The van der Waals surface area contributed by atoms with Crippen molar-refractivity contribution in [1.29, 1.82) is 0 Å². The minimum atomic E-state index is -5.07. The number of amides is 1. The average Bonchev–Trinajstić information content (AvgIpc) is 3.08. The van der Waals surface area contributed by atoms with E-state index in [0.717, 1.165) is 0 Å². The third kappa shape index (κ3) is 5.03. The Morgan fingerprint density at radius 3 is 2.06 bits per heavy atom. The highest BCUT2D eigenvalue weighted by Gasteiger charge is 2.37. The molecule has 0 saturated carbocycles. The summed E-state index contributed by atoms with van der Waals surface area (Å²) < 4.78 is 79.7. The molecule has 1 atom stereocenters. The Bertz CT molecular complexity index is 1100. The van der Waals surface area contributed by atoms with Crippen molar-refractivity contribution in [2.45, 2.75) is 39.2 Å². The number of rotatable bonds is 4. The molecule has 0 bridgehead atoms. The van der Waals surface area contributed by atoms with Gasteiger partial charge >= 0.3 is 12.4 Å². The van der Waals surface area contributed by atoms with Crippen LogP contribution in [0.1, 0.15) is 51.8 Å². The number of aromatic nitrogens is 5. The zero-order chi connectivity index (χ0) is 23.8. The molecule has 1 N–H and O–H groups in total. The SMILES string of the molecule is Cc1cnc(-n2nc(C)nc2[C@H](C)NC(=O)c2cc(C(F)(F)F)cc(C(F)(F)F)c2)cn1. The molecule has 0 aliphatic rings. The van der Waals surface area contributed by atoms with Crippen LogP contribution in [0.15, 0.2) is 30.6 Å². The van der Waals surface area contributed by atoms with Crippen LogP contribution < -0.4 is 5.32 Å². The first-order valence-electron chi connectivity index (χ1n) is 9.08. The van der Waals surface area contributed by atoms with Gasteiger partial charge < -0.3 is 5.32 Å². The van der Waals surface area contributed by atoms with Gasteiger partial charge in [-0.2, -0.15) is 31.0 Å². The summed E-state index contributed by atoms with van der Waals surface area (Å²) in [6.07, 6.45) is -7.25. The van der Waals surface area contributed by atoms with Crippen LogP contribution in [-0.2, 0) is 12.4 Å². The Morgan fingerprint density at radius 1 is 0.969 bits per heavy atom. The van der Waals surface area contributed by atoms with E-state index in [2.05, 4.69) is 25.4 Å². The molecule has 0 fully saturated rings. The van der Waals surface area contributed by atoms with Crippen LogP contribution in [-0.4, -0.2) is 30.6 Å². The van der Waals surface area contributed by atoms with Crippen LogP contribution in [0.5, 0.6) is 0 Å². The molecule has 13 heteroatoms. The van der Waals surface area contributed by atoms with Gasteiger partial charge in [-0.05, 0) is 39.0 Å². The summed E-state index contributed by atoms with van der Waals surface area (Å²) in [5.74, 6) is -0.402. The molecule has 0 saturated heterocycles. The van der Waals surface area contributed by atoms with Gasteiger partial charge in [0.2, 0.25) is 0 Å². The summed E-state index contributed by atoms with van der Waals surface area (Å²) in [7, 11) is 0. The Hall–Kier alpha value is -3.51. The number of hydrogen-bond acceptors (Lipinski definition) is 5. The molecule has 3 aromatic rings. The van der Waals surface area contributed by atoms with Crippen LogP contribution >= 0.6 is 0 Å². The predicted octanol–water partition coefficient (Wildman–Crippen LogP) is 4.20. The first-order chi connectivity index (χ1) is 14.8. The first-order valence-corrected chi connectivity index (χ1v) is 9.08. The van der Waals surface area contributed by atoms with Crippen LogP contribution in [0.3, 0.4) is 0 Å². The van der Waals surface area contributed by atoms with E-state index in [-0.39, 0.29) is 17.7 Å². The number of carbonyl (C=O) groups excluding carboxylic acids is 1. The summed E-state index contributed by atoms with van der Waals surface area (Å²) in [6.45, 7) is 4.74.